The van der Waals surface area contributed by atoms with E-state index in [9.17, 15) is 19.7 Å². The van der Waals surface area contributed by atoms with Crippen molar-refractivity contribution < 1.29 is 28.9 Å². The van der Waals surface area contributed by atoms with Gasteiger partial charge in [0, 0.05) is 0 Å². The van der Waals surface area contributed by atoms with E-state index in [0.29, 0.717) is 11.2 Å². The molecule has 23 heavy (non-hydrogen) atoms. The molecule has 1 aliphatic rings. The van der Waals surface area contributed by atoms with Gasteiger partial charge in [-0.05, 0) is 0 Å². The topological polar surface area (TPSA) is 166 Å². The number of hydrogen-bond donors (Lipinski definition) is 4. The van der Waals surface area contributed by atoms with Gasteiger partial charge in [0.2, 0.25) is 0 Å². The van der Waals surface area contributed by atoms with Gasteiger partial charge in [-0.2, -0.15) is 0 Å². The van der Waals surface area contributed by atoms with Crippen LogP contribution < -0.4 is 5.73 Å². The molecule has 0 spiro atoms. The monoisotopic (exact) mass is 451 g/mol. The van der Waals surface area contributed by atoms with Crippen molar-refractivity contribution in [3.05, 3.63) is 12.7 Å². The zero-order valence-electron chi connectivity index (χ0n) is 11.6. The van der Waals surface area contributed by atoms with Crippen LogP contribution in [0.15, 0.2) is 12.7 Å². The van der Waals surface area contributed by atoms with Crippen molar-refractivity contribution in [2.24, 2.45) is 0 Å². The Morgan fingerprint density at radius 3 is 2.83 bits per heavy atom. The third kappa shape index (κ3) is 3.36. The van der Waals surface area contributed by atoms with Crippen molar-refractivity contribution in [1.29, 1.82) is 0 Å². The number of aliphatic hydroxyl groups excluding tert-OH is 2. The number of nitrogens with two attached hydrogens (primary N) is 1. The van der Waals surface area contributed by atoms with Crippen molar-refractivity contribution in [3.63, 3.8) is 0 Å². The summed E-state index contributed by atoms with van der Waals surface area (Å²) in [6.45, 7) is -0.312. The van der Waals surface area contributed by atoms with Gasteiger partial charge in [0.25, 0.3) is 0 Å². The predicted octanol–water partition coefficient (Wildman–Crippen LogP) is -1.95. The summed E-state index contributed by atoms with van der Waals surface area (Å²) < 4.78 is 23.0. The summed E-state index contributed by atoms with van der Waals surface area (Å²) in [5.41, 5.74) is 6.38. The van der Waals surface area contributed by atoms with Crippen LogP contribution in [-0.2, 0) is 13.8 Å². The van der Waals surface area contributed by atoms with E-state index in [1.807, 2.05) is 0 Å². The summed E-state index contributed by atoms with van der Waals surface area (Å²) in [5.74, 6) is 0.179. The third-order valence-electron chi connectivity index (χ3n) is 3.42. The van der Waals surface area contributed by atoms with Crippen LogP contribution in [0.25, 0.3) is 11.2 Å². The van der Waals surface area contributed by atoms with Crippen LogP contribution in [0.3, 0.4) is 0 Å². The molecule has 3 rings (SSSR count). The molecule has 1 saturated heterocycles. The molecule has 1 aliphatic heterocycles. The number of aliphatic hydroxyl groups is 2. The number of imidazole rings is 1. The molecule has 0 amide bonds. The number of nitrogens with zero attached hydrogens (tertiary/aromatic N) is 4. The Balaban J connectivity index is 1.85. The first-order valence-electron chi connectivity index (χ1n) is 6.48. The number of fused-ring (bicyclic) bond motifs is 1. The molecule has 5 N–H and O–H groups in total. The Kier molecular flexibility index (Phi) is 4.62. The Morgan fingerprint density at radius 2 is 2.13 bits per heavy atom. The van der Waals surface area contributed by atoms with E-state index in [4.69, 9.17) is 15.0 Å². The van der Waals surface area contributed by atoms with Crippen LogP contribution in [-0.4, -0.2) is 81.5 Å². The minimum atomic E-state index is -3.59. The van der Waals surface area contributed by atoms with Crippen LogP contribution in [0.4, 0.5) is 5.82 Å². The molecule has 0 saturated carbocycles. The van der Waals surface area contributed by atoms with E-state index in [1.54, 1.807) is 0 Å². The third-order valence-corrected chi connectivity index (χ3v) is 5.22. The van der Waals surface area contributed by atoms with E-state index in [1.165, 1.54) is 17.2 Å². The zero-order chi connectivity index (χ0) is 16.8. The second-order valence-electron chi connectivity index (χ2n) is 4.99. The molecule has 1 fully saturated rings. The fourth-order valence-electron chi connectivity index (χ4n) is 2.33. The molecule has 2 aromatic heterocycles. The number of aromatic nitrogens is 4. The number of ether oxygens (including phenoxy) is 1. The molecule has 2 radical (unpaired) electrons. The number of hydrogen-bond acceptors (Lipinski definition) is 9. The summed E-state index contributed by atoms with van der Waals surface area (Å²) in [7, 11) is 0. The molecule has 13 heteroatoms. The summed E-state index contributed by atoms with van der Waals surface area (Å²) in [4.78, 5) is 21.1. The molecule has 124 valence electrons. The van der Waals surface area contributed by atoms with Crippen LogP contribution >= 0.6 is 5.25 Å². The maximum atomic E-state index is 11.2. The zero-order valence-corrected chi connectivity index (χ0v) is 15.8. The Hall–Kier alpha value is -0.821. The first kappa shape index (κ1) is 17.0. The van der Waals surface area contributed by atoms with E-state index in [-0.39, 0.29) is 34.4 Å². The van der Waals surface area contributed by atoms with E-state index in [2.05, 4.69) is 15.0 Å². The number of nitrogen functional groups attached to an aromatic ring is 1. The summed E-state index contributed by atoms with van der Waals surface area (Å²) in [6, 6.07) is 0. The Morgan fingerprint density at radius 1 is 1.39 bits per heavy atom. The molecule has 2 aromatic rings. The molecule has 3 heterocycles. The molecular formula is C10H14N5O6PSn. The summed E-state index contributed by atoms with van der Waals surface area (Å²) >= 11 is 0.0213. The first-order valence-corrected chi connectivity index (χ1v) is 12.6. The van der Waals surface area contributed by atoms with Gasteiger partial charge in [0.1, 0.15) is 0 Å². The second kappa shape index (κ2) is 6.24. The maximum absolute atomic E-state index is 11.2. The molecule has 0 bridgehead atoms. The predicted molar refractivity (Wildman–Crippen MR) is 78.6 cm³/mol. The van der Waals surface area contributed by atoms with Gasteiger partial charge < -0.3 is 0 Å². The van der Waals surface area contributed by atoms with Gasteiger partial charge in [0.05, 0.1) is 0 Å². The van der Waals surface area contributed by atoms with Gasteiger partial charge in [-0.1, -0.05) is 0 Å². The normalized spacial score (nSPS) is 30.6. The molecular weight excluding hydrogens is 436 g/mol. The second-order valence-corrected chi connectivity index (χ2v) is 12.0. The molecule has 0 aliphatic carbocycles. The number of rotatable bonds is 4. The summed E-state index contributed by atoms with van der Waals surface area (Å²) in [6.07, 6.45) is -1.91. The van der Waals surface area contributed by atoms with Crippen molar-refractivity contribution >= 4 is 44.2 Å². The van der Waals surface area contributed by atoms with Crippen LogP contribution in [0.1, 0.15) is 6.23 Å². The van der Waals surface area contributed by atoms with Crippen LogP contribution in [0, 0.1) is 0 Å². The average Bonchev–Trinajstić information content (AvgIpc) is 3.01. The van der Waals surface area contributed by atoms with Crippen molar-refractivity contribution in [1.82, 2.24) is 19.5 Å². The summed E-state index contributed by atoms with van der Waals surface area (Å²) in [5, 5.41) is 16.6. The fraction of sp³-hybridized carbons (Fsp3) is 0.500. The SMILES string of the molecule is Nc1ncnc2c1ncn2[C@@H]1O[C@H](CO[P](=O)(O)[SnH])C(O)C1O. The standard InChI is InChI=1S/C10H12N5O6P.Sn.H/c11-8-5-9(13-2-12-8)15(3-14-5)10-7(17)6(16)4(21-10)1-20-22(18)19;;/h2-4,6-7,10,16-17H,1H2,(H2-,11,12,13,18,19);;/q;-1;/p+1/t4-,6?,7?,10-;;/m1../s1. The van der Waals surface area contributed by atoms with E-state index in [0.717, 1.165) is 0 Å². The van der Waals surface area contributed by atoms with Crippen LogP contribution in [0.2, 0.25) is 0 Å². The van der Waals surface area contributed by atoms with E-state index >= 15 is 0 Å². The van der Waals surface area contributed by atoms with Gasteiger partial charge in [-0.3, -0.25) is 0 Å². The van der Waals surface area contributed by atoms with Crippen molar-refractivity contribution in [2.75, 3.05) is 12.3 Å². The molecule has 3 unspecified atom stereocenters. The van der Waals surface area contributed by atoms with Gasteiger partial charge >= 0.3 is 142 Å². The Labute approximate surface area is 142 Å². The first-order chi connectivity index (χ1) is 10.8. The Bertz CT molecular complexity index is 767. The molecule has 0 aromatic carbocycles. The molecule has 11 nitrogen and oxygen atoms in total. The van der Waals surface area contributed by atoms with Crippen molar-refractivity contribution in [3.8, 4) is 0 Å². The van der Waals surface area contributed by atoms with Crippen molar-refractivity contribution in [2.45, 2.75) is 24.5 Å². The fourth-order valence-corrected chi connectivity index (χ4v) is 3.43. The van der Waals surface area contributed by atoms with Gasteiger partial charge in [-0.15, -0.1) is 0 Å². The quantitative estimate of drug-likeness (QED) is 0.304. The molecule has 5 atom stereocenters. The van der Waals surface area contributed by atoms with Gasteiger partial charge in [-0.25, -0.2) is 0 Å². The van der Waals surface area contributed by atoms with E-state index < -0.39 is 29.8 Å². The number of anilines is 1. The van der Waals surface area contributed by atoms with Gasteiger partial charge in [0.15, 0.2) is 0 Å². The average molecular weight is 450 g/mol. The minimum absolute atomic E-state index is 0.0213. The van der Waals surface area contributed by atoms with Crippen LogP contribution in [0.5, 0.6) is 0 Å².